The third-order valence-corrected chi connectivity index (χ3v) is 0.970. The summed E-state index contributed by atoms with van der Waals surface area (Å²) in [5.74, 6) is -1.05. The SMILES string of the molecule is C=CC[C@H](NC=O)C(=O)O. The highest BCUT2D eigenvalue weighted by molar-refractivity contribution is 5.76. The molecular weight excluding hydrogens is 134 g/mol. The molecule has 0 aliphatic heterocycles. The van der Waals surface area contributed by atoms with Crippen LogP contribution < -0.4 is 5.32 Å². The van der Waals surface area contributed by atoms with Crippen molar-refractivity contribution in [3.05, 3.63) is 12.7 Å². The Morgan fingerprint density at radius 3 is 2.70 bits per heavy atom. The van der Waals surface area contributed by atoms with E-state index in [4.69, 9.17) is 5.11 Å². The fourth-order valence-electron chi connectivity index (χ4n) is 0.489. The molecule has 10 heavy (non-hydrogen) atoms. The Hall–Kier alpha value is -1.32. The number of carboxylic acid groups (broad SMARTS) is 1. The minimum atomic E-state index is -1.05. The fraction of sp³-hybridized carbons (Fsp3) is 0.333. The molecule has 0 aromatic carbocycles. The van der Waals surface area contributed by atoms with Crippen molar-refractivity contribution in [3.63, 3.8) is 0 Å². The Kier molecular flexibility index (Phi) is 3.95. The molecule has 0 saturated heterocycles. The second-order valence-electron chi connectivity index (χ2n) is 1.70. The van der Waals surface area contributed by atoms with Crippen LogP contribution in [0.5, 0.6) is 0 Å². The van der Waals surface area contributed by atoms with Gasteiger partial charge in [0.2, 0.25) is 6.41 Å². The number of rotatable bonds is 5. The van der Waals surface area contributed by atoms with Gasteiger partial charge in [-0.25, -0.2) is 4.79 Å². The van der Waals surface area contributed by atoms with E-state index in [2.05, 4.69) is 11.9 Å². The van der Waals surface area contributed by atoms with Gasteiger partial charge in [-0.15, -0.1) is 6.58 Å². The van der Waals surface area contributed by atoms with Crippen molar-refractivity contribution >= 4 is 12.4 Å². The van der Waals surface area contributed by atoms with E-state index in [-0.39, 0.29) is 6.42 Å². The van der Waals surface area contributed by atoms with Crippen molar-refractivity contribution in [2.45, 2.75) is 12.5 Å². The van der Waals surface area contributed by atoms with Gasteiger partial charge >= 0.3 is 5.97 Å². The highest BCUT2D eigenvalue weighted by atomic mass is 16.4. The number of carbonyl (C=O) groups excluding carboxylic acids is 1. The molecule has 0 aliphatic carbocycles. The van der Waals surface area contributed by atoms with Crippen molar-refractivity contribution in [1.82, 2.24) is 5.32 Å². The van der Waals surface area contributed by atoms with Crippen LogP contribution in [0, 0.1) is 0 Å². The first-order valence-electron chi connectivity index (χ1n) is 2.75. The molecule has 0 aliphatic rings. The Bertz CT molecular complexity index is 134. The fourth-order valence-corrected chi connectivity index (χ4v) is 0.489. The minimum Gasteiger partial charge on any atom is -0.480 e. The van der Waals surface area contributed by atoms with E-state index < -0.39 is 12.0 Å². The quantitative estimate of drug-likeness (QED) is 0.412. The van der Waals surface area contributed by atoms with Crippen LogP contribution in [0.4, 0.5) is 0 Å². The first-order valence-corrected chi connectivity index (χ1v) is 2.75. The first kappa shape index (κ1) is 8.68. The van der Waals surface area contributed by atoms with Gasteiger partial charge < -0.3 is 10.4 Å². The molecule has 0 spiro atoms. The monoisotopic (exact) mass is 143 g/mol. The summed E-state index contributed by atoms with van der Waals surface area (Å²) in [6.45, 7) is 3.35. The van der Waals surface area contributed by atoms with Crippen molar-refractivity contribution in [2.24, 2.45) is 0 Å². The van der Waals surface area contributed by atoms with Crippen LogP contribution in [0.15, 0.2) is 12.7 Å². The van der Waals surface area contributed by atoms with Gasteiger partial charge in [-0.3, -0.25) is 4.79 Å². The number of amides is 1. The van der Waals surface area contributed by atoms with Gasteiger partial charge in [-0.05, 0) is 6.42 Å². The maximum atomic E-state index is 10.2. The van der Waals surface area contributed by atoms with Crippen LogP contribution in [-0.4, -0.2) is 23.5 Å². The second-order valence-corrected chi connectivity index (χ2v) is 1.70. The number of hydrogen-bond acceptors (Lipinski definition) is 2. The summed E-state index contributed by atoms with van der Waals surface area (Å²) >= 11 is 0. The molecule has 0 bridgehead atoms. The molecule has 4 heteroatoms. The average Bonchev–Trinajstić information content (AvgIpc) is 1.87. The summed E-state index contributed by atoms with van der Waals surface area (Å²) < 4.78 is 0. The molecule has 0 unspecified atom stereocenters. The molecule has 1 atom stereocenters. The molecular formula is C6H9NO3. The summed E-state index contributed by atoms with van der Waals surface area (Å²) in [6, 6.07) is -0.838. The van der Waals surface area contributed by atoms with Gasteiger partial charge in [-0.2, -0.15) is 0 Å². The van der Waals surface area contributed by atoms with E-state index in [0.29, 0.717) is 6.41 Å². The Labute approximate surface area is 58.5 Å². The predicted octanol–water partition coefficient (Wildman–Crippen LogP) is -0.238. The highest BCUT2D eigenvalue weighted by Gasteiger charge is 2.12. The molecule has 0 heterocycles. The molecule has 0 radical (unpaired) electrons. The van der Waals surface area contributed by atoms with Crippen LogP contribution in [0.2, 0.25) is 0 Å². The van der Waals surface area contributed by atoms with Crippen LogP contribution in [0.3, 0.4) is 0 Å². The molecule has 0 aromatic heterocycles. The van der Waals surface area contributed by atoms with E-state index in [1.54, 1.807) is 0 Å². The molecule has 0 saturated carbocycles. The van der Waals surface area contributed by atoms with Gasteiger partial charge in [0.05, 0.1) is 0 Å². The third kappa shape index (κ3) is 2.86. The minimum absolute atomic E-state index is 0.244. The third-order valence-electron chi connectivity index (χ3n) is 0.970. The number of hydrogen-bond donors (Lipinski definition) is 2. The lowest BCUT2D eigenvalue weighted by Crippen LogP contribution is -2.34. The van der Waals surface area contributed by atoms with Crippen molar-refractivity contribution in [1.29, 1.82) is 0 Å². The zero-order valence-corrected chi connectivity index (χ0v) is 5.41. The summed E-state index contributed by atoms with van der Waals surface area (Å²) in [5.41, 5.74) is 0. The number of nitrogens with one attached hydrogen (secondary N) is 1. The summed E-state index contributed by atoms with van der Waals surface area (Å²) in [7, 11) is 0. The van der Waals surface area contributed by atoms with Gasteiger partial charge in [0.1, 0.15) is 6.04 Å². The highest BCUT2D eigenvalue weighted by Crippen LogP contribution is 1.90. The molecule has 0 aromatic rings. The number of carboxylic acids is 1. The van der Waals surface area contributed by atoms with Gasteiger partial charge in [0.25, 0.3) is 0 Å². The van der Waals surface area contributed by atoms with E-state index >= 15 is 0 Å². The normalized spacial score (nSPS) is 11.6. The maximum absolute atomic E-state index is 10.2. The van der Waals surface area contributed by atoms with Gasteiger partial charge in [0, 0.05) is 0 Å². The van der Waals surface area contributed by atoms with Crippen molar-refractivity contribution in [2.75, 3.05) is 0 Å². The lowest BCUT2D eigenvalue weighted by molar-refractivity contribution is -0.140. The van der Waals surface area contributed by atoms with Gasteiger partial charge in [0.15, 0.2) is 0 Å². The number of carbonyl (C=O) groups is 2. The van der Waals surface area contributed by atoms with Crippen LogP contribution in [0.1, 0.15) is 6.42 Å². The largest absolute Gasteiger partial charge is 0.480 e. The van der Waals surface area contributed by atoms with Crippen molar-refractivity contribution in [3.8, 4) is 0 Å². The Morgan fingerprint density at radius 2 is 2.40 bits per heavy atom. The first-order chi connectivity index (χ1) is 4.72. The summed E-state index contributed by atoms with van der Waals surface area (Å²) in [5, 5.41) is 10.5. The zero-order chi connectivity index (χ0) is 7.98. The second kappa shape index (κ2) is 4.55. The van der Waals surface area contributed by atoms with E-state index in [1.807, 2.05) is 0 Å². The Morgan fingerprint density at radius 1 is 1.80 bits per heavy atom. The topological polar surface area (TPSA) is 66.4 Å². The smallest absolute Gasteiger partial charge is 0.326 e. The summed E-state index contributed by atoms with van der Waals surface area (Å²) in [6.07, 6.45) is 2.05. The standard InChI is InChI=1S/C6H9NO3/c1-2-3-5(6(9)10)7-4-8/h2,4-5H,1,3H2,(H,7,8)(H,9,10)/t5-/m0/s1. The van der Waals surface area contributed by atoms with Crippen LogP contribution in [0.25, 0.3) is 0 Å². The van der Waals surface area contributed by atoms with E-state index in [9.17, 15) is 9.59 Å². The van der Waals surface area contributed by atoms with E-state index in [1.165, 1.54) is 6.08 Å². The number of aliphatic carboxylic acids is 1. The predicted molar refractivity (Wildman–Crippen MR) is 35.4 cm³/mol. The Balaban J connectivity index is 3.83. The van der Waals surface area contributed by atoms with Crippen molar-refractivity contribution < 1.29 is 14.7 Å². The lowest BCUT2D eigenvalue weighted by Gasteiger charge is -2.06. The molecule has 4 nitrogen and oxygen atoms in total. The zero-order valence-electron chi connectivity index (χ0n) is 5.41. The average molecular weight is 143 g/mol. The maximum Gasteiger partial charge on any atom is 0.326 e. The summed E-state index contributed by atoms with van der Waals surface area (Å²) in [4.78, 5) is 20.0. The molecule has 0 rings (SSSR count). The molecule has 56 valence electrons. The van der Waals surface area contributed by atoms with Crippen LogP contribution in [-0.2, 0) is 9.59 Å². The van der Waals surface area contributed by atoms with Crippen LogP contribution >= 0.6 is 0 Å². The van der Waals surface area contributed by atoms with E-state index in [0.717, 1.165) is 0 Å². The molecule has 0 fully saturated rings. The van der Waals surface area contributed by atoms with Gasteiger partial charge in [-0.1, -0.05) is 6.08 Å². The lowest BCUT2D eigenvalue weighted by atomic mass is 10.2. The molecule has 1 amide bonds. The molecule has 2 N–H and O–H groups in total.